The summed E-state index contributed by atoms with van der Waals surface area (Å²) in [5.41, 5.74) is 4.65. The molecule has 2 N–H and O–H groups in total. The quantitative estimate of drug-likeness (QED) is 0.748. The maximum absolute atomic E-state index is 12.5. The molecule has 2 aromatic carbocycles. The molecule has 1 unspecified atom stereocenters. The molecule has 0 aliphatic carbocycles. The number of aromatic nitrogens is 2. The fourth-order valence-electron chi connectivity index (χ4n) is 3.29. The van der Waals surface area contributed by atoms with Gasteiger partial charge in [-0.05, 0) is 36.8 Å². The van der Waals surface area contributed by atoms with Crippen LogP contribution < -0.4 is 5.32 Å². The smallest absolute Gasteiger partial charge is 0.288 e. The summed E-state index contributed by atoms with van der Waals surface area (Å²) in [6.07, 6.45) is 1.43. The van der Waals surface area contributed by atoms with E-state index in [-0.39, 0.29) is 12.1 Å². The number of rotatable bonds is 2. The van der Waals surface area contributed by atoms with Crippen molar-refractivity contribution in [2.45, 2.75) is 13.1 Å². The Balaban J connectivity index is 1.40. The normalized spacial score (nSPS) is 17.8. The van der Waals surface area contributed by atoms with Crippen molar-refractivity contribution >= 4 is 34.8 Å². The number of carbonyl (C=O) groups excluding carboxylic acids is 1. The summed E-state index contributed by atoms with van der Waals surface area (Å²) >= 11 is 0. The Morgan fingerprint density at radius 1 is 1.27 bits per heavy atom. The highest BCUT2D eigenvalue weighted by molar-refractivity contribution is 6.11. The van der Waals surface area contributed by atoms with Gasteiger partial charge in [-0.1, -0.05) is 18.2 Å². The molecule has 0 saturated carbocycles. The predicted molar refractivity (Wildman–Crippen MR) is 99.9 cm³/mol. The highest BCUT2D eigenvalue weighted by Gasteiger charge is 2.30. The van der Waals surface area contributed by atoms with Gasteiger partial charge in [0, 0.05) is 5.56 Å². The summed E-state index contributed by atoms with van der Waals surface area (Å²) in [6.45, 7) is 2.59. The van der Waals surface area contributed by atoms with Crippen molar-refractivity contribution in [2.75, 3.05) is 6.54 Å². The number of amides is 1. The summed E-state index contributed by atoms with van der Waals surface area (Å²) < 4.78 is 0. The Labute approximate surface area is 149 Å². The van der Waals surface area contributed by atoms with E-state index in [0.717, 1.165) is 33.7 Å². The fourth-order valence-corrected chi connectivity index (χ4v) is 3.29. The van der Waals surface area contributed by atoms with Gasteiger partial charge >= 0.3 is 0 Å². The summed E-state index contributed by atoms with van der Waals surface area (Å²) in [6, 6.07) is 13.7. The number of hydrogen-bond acceptors (Lipinski definition) is 5. The highest BCUT2D eigenvalue weighted by Crippen LogP contribution is 2.28. The molecule has 26 heavy (non-hydrogen) atoms. The molecule has 2 aliphatic rings. The van der Waals surface area contributed by atoms with Gasteiger partial charge in [0.2, 0.25) is 0 Å². The standard InChI is InChI=1S/C19H16N6O/c1-11-6-7-12-15(8-11)20-10-25-9-16(23-18(12)25)24-19(26)17-21-13-4-2-3-5-14(13)22-17/h2-8,10,16H,9H2,1H3,(H,21,22)(H,24,26). The van der Waals surface area contributed by atoms with E-state index in [4.69, 9.17) is 0 Å². The van der Waals surface area contributed by atoms with Crippen LogP contribution in [0.3, 0.4) is 0 Å². The van der Waals surface area contributed by atoms with Crippen LogP contribution in [-0.2, 0) is 0 Å². The zero-order valence-electron chi connectivity index (χ0n) is 14.1. The van der Waals surface area contributed by atoms with Crippen molar-refractivity contribution in [3.05, 3.63) is 59.4 Å². The molecule has 0 fully saturated rings. The number of carbonyl (C=O) groups is 1. The maximum Gasteiger partial charge on any atom is 0.288 e. The van der Waals surface area contributed by atoms with Gasteiger partial charge in [0.05, 0.1) is 29.6 Å². The summed E-state index contributed by atoms with van der Waals surface area (Å²) in [5, 5.41) is 2.93. The first-order valence-electron chi connectivity index (χ1n) is 8.43. The zero-order chi connectivity index (χ0) is 17.7. The minimum atomic E-state index is -0.343. The molecule has 7 heteroatoms. The summed E-state index contributed by atoms with van der Waals surface area (Å²) in [7, 11) is 0. The number of amidine groups is 1. The Hall–Kier alpha value is -3.48. The Morgan fingerprint density at radius 3 is 3.04 bits per heavy atom. The Bertz CT molecular complexity index is 1060. The molecule has 3 heterocycles. The van der Waals surface area contributed by atoms with Crippen molar-refractivity contribution in [2.24, 2.45) is 9.98 Å². The lowest BCUT2D eigenvalue weighted by Crippen LogP contribution is -2.38. The van der Waals surface area contributed by atoms with Crippen LogP contribution in [0.4, 0.5) is 5.69 Å². The third-order valence-electron chi connectivity index (χ3n) is 4.55. The average molecular weight is 344 g/mol. The number of imidazole rings is 1. The number of nitrogens with zero attached hydrogens (tertiary/aromatic N) is 4. The van der Waals surface area contributed by atoms with Gasteiger partial charge in [-0.15, -0.1) is 0 Å². The third-order valence-corrected chi connectivity index (χ3v) is 4.55. The van der Waals surface area contributed by atoms with Gasteiger partial charge in [0.15, 0.2) is 5.82 Å². The first-order chi connectivity index (χ1) is 12.7. The zero-order valence-corrected chi connectivity index (χ0v) is 14.1. The van der Waals surface area contributed by atoms with Crippen LogP contribution in [-0.4, -0.2) is 45.7 Å². The third kappa shape index (κ3) is 2.36. The van der Waals surface area contributed by atoms with Crippen LogP contribution in [0.15, 0.2) is 52.4 Å². The number of para-hydroxylation sites is 2. The van der Waals surface area contributed by atoms with Crippen LogP contribution in [0.1, 0.15) is 21.7 Å². The number of hydrogen-bond donors (Lipinski definition) is 2. The number of benzene rings is 2. The first-order valence-corrected chi connectivity index (χ1v) is 8.43. The van der Waals surface area contributed by atoms with E-state index in [1.54, 1.807) is 6.34 Å². The summed E-state index contributed by atoms with van der Waals surface area (Å²) in [4.78, 5) is 31.0. The molecule has 1 atom stereocenters. The van der Waals surface area contributed by atoms with E-state index < -0.39 is 0 Å². The Kier molecular flexibility index (Phi) is 3.15. The van der Waals surface area contributed by atoms with E-state index in [1.807, 2.05) is 54.3 Å². The molecule has 1 aromatic heterocycles. The molecule has 0 bridgehead atoms. The number of H-pyrrole nitrogens is 1. The van der Waals surface area contributed by atoms with Gasteiger partial charge in [0.1, 0.15) is 12.0 Å². The number of fused-ring (bicyclic) bond motifs is 4. The lowest BCUT2D eigenvalue weighted by molar-refractivity contribution is 0.0929. The van der Waals surface area contributed by atoms with Gasteiger partial charge in [-0.3, -0.25) is 4.79 Å². The van der Waals surface area contributed by atoms with E-state index in [0.29, 0.717) is 12.4 Å². The van der Waals surface area contributed by atoms with Crippen LogP contribution >= 0.6 is 0 Å². The molecular formula is C19H16N6O. The lowest BCUT2D eigenvalue weighted by Gasteiger charge is -2.20. The van der Waals surface area contributed by atoms with Gasteiger partial charge in [0.25, 0.3) is 5.91 Å². The van der Waals surface area contributed by atoms with Gasteiger partial charge < -0.3 is 15.2 Å². The van der Waals surface area contributed by atoms with Crippen LogP contribution in [0.5, 0.6) is 0 Å². The van der Waals surface area contributed by atoms with Crippen molar-refractivity contribution in [1.82, 2.24) is 20.2 Å². The van der Waals surface area contributed by atoms with Gasteiger partial charge in [-0.2, -0.15) is 0 Å². The minimum Gasteiger partial charge on any atom is -0.334 e. The molecule has 0 radical (unpaired) electrons. The van der Waals surface area contributed by atoms with Crippen molar-refractivity contribution in [3.8, 4) is 0 Å². The first kappa shape index (κ1) is 14.8. The monoisotopic (exact) mass is 344 g/mol. The molecular weight excluding hydrogens is 328 g/mol. The number of aliphatic imine (C=N–C) groups is 2. The molecule has 2 aliphatic heterocycles. The molecule has 7 nitrogen and oxygen atoms in total. The second-order valence-corrected chi connectivity index (χ2v) is 6.46. The number of aromatic amines is 1. The van der Waals surface area contributed by atoms with Crippen molar-refractivity contribution in [1.29, 1.82) is 0 Å². The highest BCUT2D eigenvalue weighted by atomic mass is 16.2. The average Bonchev–Trinajstić information content (AvgIpc) is 3.24. The SMILES string of the molecule is Cc1ccc2c(c1)N=CN1CC(NC(=O)c3nc4ccccc4[nH]3)N=C21. The van der Waals surface area contributed by atoms with Crippen LogP contribution in [0.2, 0.25) is 0 Å². The number of nitrogens with one attached hydrogen (secondary N) is 2. The molecule has 5 rings (SSSR count). The van der Waals surface area contributed by atoms with Crippen molar-refractivity contribution in [3.63, 3.8) is 0 Å². The fraction of sp³-hybridized carbons (Fsp3) is 0.158. The molecule has 0 saturated heterocycles. The van der Waals surface area contributed by atoms with E-state index in [9.17, 15) is 4.79 Å². The number of aryl methyl sites for hydroxylation is 1. The molecule has 1 amide bonds. The minimum absolute atomic E-state index is 0.267. The van der Waals surface area contributed by atoms with Gasteiger partial charge in [-0.25, -0.2) is 15.0 Å². The van der Waals surface area contributed by atoms with E-state index in [2.05, 4.69) is 25.3 Å². The molecule has 128 valence electrons. The summed E-state index contributed by atoms with van der Waals surface area (Å²) in [5.74, 6) is 0.863. The Morgan fingerprint density at radius 2 is 2.15 bits per heavy atom. The largest absolute Gasteiger partial charge is 0.334 e. The lowest BCUT2D eigenvalue weighted by atomic mass is 10.1. The second-order valence-electron chi connectivity index (χ2n) is 6.46. The van der Waals surface area contributed by atoms with Crippen molar-refractivity contribution < 1.29 is 4.79 Å². The molecule has 0 spiro atoms. The van der Waals surface area contributed by atoms with E-state index in [1.165, 1.54) is 0 Å². The predicted octanol–water partition coefficient (Wildman–Crippen LogP) is 2.36. The van der Waals surface area contributed by atoms with E-state index >= 15 is 0 Å². The van der Waals surface area contributed by atoms with Crippen LogP contribution in [0, 0.1) is 6.92 Å². The topological polar surface area (TPSA) is 85.7 Å². The van der Waals surface area contributed by atoms with Crippen LogP contribution in [0.25, 0.3) is 11.0 Å². The maximum atomic E-state index is 12.5. The second kappa shape index (κ2) is 5.52. The molecule has 3 aromatic rings.